The number of hydrogen-bond acceptors (Lipinski definition) is 3. The average molecular weight is 435 g/mol. The number of anilines is 2. The smallest absolute Gasteiger partial charge is 0.264 e. The van der Waals surface area contributed by atoms with Gasteiger partial charge in [0.15, 0.2) is 0 Å². The summed E-state index contributed by atoms with van der Waals surface area (Å²) in [7, 11) is -3.80. The Hall–Kier alpha value is -3.12. The first kappa shape index (κ1) is 21.1. The summed E-state index contributed by atoms with van der Waals surface area (Å²) in [4.78, 5) is 13.0. The normalized spacial score (nSPS) is 15.7. The Balaban J connectivity index is 1.65. The van der Waals surface area contributed by atoms with Gasteiger partial charge < -0.3 is 5.32 Å². The Labute approximate surface area is 183 Å². The Kier molecular flexibility index (Phi) is 5.58. The van der Waals surface area contributed by atoms with Gasteiger partial charge in [0.2, 0.25) is 0 Å². The van der Waals surface area contributed by atoms with Crippen molar-refractivity contribution in [2.24, 2.45) is 0 Å². The molecule has 1 N–H and O–H groups in total. The number of carbonyl (C=O) groups is 1. The van der Waals surface area contributed by atoms with Crippen LogP contribution >= 0.6 is 0 Å². The first-order valence-corrected chi connectivity index (χ1v) is 11.9. The highest BCUT2D eigenvalue weighted by atomic mass is 32.2. The van der Waals surface area contributed by atoms with Gasteiger partial charge in [-0.15, -0.1) is 0 Å². The first-order valence-electron chi connectivity index (χ1n) is 10.4. The third-order valence-corrected chi connectivity index (χ3v) is 7.55. The van der Waals surface area contributed by atoms with Crippen molar-refractivity contribution in [2.45, 2.75) is 44.0 Å². The van der Waals surface area contributed by atoms with Crippen LogP contribution in [0.15, 0.2) is 77.7 Å². The zero-order valence-corrected chi connectivity index (χ0v) is 18.7. The van der Waals surface area contributed by atoms with Crippen molar-refractivity contribution in [2.75, 3.05) is 9.62 Å². The lowest BCUT2D eigenvalue weighted by Gasteiger charge is -2.24. The second kappa shape index (κ2) is 8.19. The Morgan fingerprint density at radius 1 is 1.00 bits per heavy atom. The molecule has 1 unspecified atom stereocenters. The fourth-order valence-corrected chi connectivity index (χ4v) is 5.86. The van der Waals surface area contributed by atoms with E-state index < -0.39 is 10.0 Å². The number of nitrogens with zero attached hydrogens (tertiary/aromatic N) is 1. The molecule has 0 radical (unpaired) electrons. The number of hydrogen-bond donors (Lipinski definition) is 1. The van der Waals surface area contributed by atoms with Crippen molar-refractivity contribution >= 4 is 27.3 Å². The van der Waals surface area contributed by atoms with Gasteiger partial charge in [0, 0.05) is 17.3 Å². The Bertz CT molecular complexity index is 1230. The molecular weight excluding hydrogens is 408 g/mol. The molecule has 1 amide bonds. The highest BCUT2D eigenvalue weighted by Gasteiger charge is 2.36. The van der Waals surface area contributed by atoms with E-state index in [9.17, 15) is 13.2 Å². The van der Waals surface area contributed by atoms with E-state index in [1.807, 2.05) is 55.5 Å². The van der Waals surface area contributed by atoms with Crippen LogP contribution in [-0.2, 0) is 16.4 Å². The summed E-state index contributed by atoms with van der Waals surface area (Å²) in [6.45, 7) is 6.03. The topological polar surface area (TPSA) is 66.5 Å². The largest absolute Gasteiger partial charge is 0.322 e. The van der Waals surface area contributed by atoms with Gasteiger partial charge in [-0.3, -0.25) is 9.10 Å². The lowest BCUT2D eigenvalue weighted by atomic mass is 10.0. The number of carbonyl (C=O) groups excluding carboxylic acids is 1. The molecule has 3 aromatic carbocycles. The molecule has 1 aliphatic rings. The maximum Gasteiger partial charge on any atom is 0.264 e. The molecule has 31 heavy (non-hydrogen) atoms. The van der Waals surface area contributed by atoms with E-state index in [1.54, 1.807) is 18.2 Å². The number of amides is 1. The first-order chi connectivity index (χ1) is 14.8. The number of benzene rings is 3. The Morgan fingerprint density at radius 2 is 1.71 bits per heavy atom. The predicted molar refractivity (Wildman–Crippen MR) is 124 cm³/mol. The third-order valence-electron chi connectivity index (χ3n) is 5.63. The second-order valence-corrected chi connectivity index (χ2v) is 10.0. The molecule has 3 aromatic rings. The quantitative estimate of drug-likeness (QED) is 0.600. The molecule has 4 rings (SSSR count). The molecule has 5 nitrogen and oxygen atoms in total. The van der Waals surface area contributed by atoms with Crippen LogP contribution in [0.25, 0.3) is 0 Å². The minimum Gasteiger partial charge on any atom is -0.322 e. The second-order valence-electron chi connectivity index (χ2n) is 8.21. The number of sulfonamides is 1. The van der Waals surface area contributed by atoms with E-state index in [-0.39, 0.29) is 22.8 Å². The molecule has 1 heterocycles. The molecule has 0 aromatic heterocycles. The number of rotatable bonds is 5. The summed E-state index contributed by atoms with van der Waals surface area (Å²) < 4.78 is 28.4. The van der Waals surface area contributed by atoms with Crippen LogP contribution in [-0.4, -0.2) is 20.4 Å². The molecule has 0 spiro atoms. The van der Waals surface area contributed by atoms with Crippen LogP contribution in [0.2, 0.25) is 0 Å². The summed E-state index contributed by atoms with van der Waals surface area (Å²) in [5.41, 5.74) is 3.79. The molecule has 0 bridgehead atoms. The highest BCUT2D eigenvalue weighted by Crippen LogP contribution is 2.36. The van der Waals surface area contributed by atoms with Crippen molar-refractivity contribution in [1.29, 1.82) is 0 Å². The summed E-state index contributed by atoms with van der Waals surface area (Å²) in [5, 5.41) is 2.93. The molecule has 0 aliphatic carbocycles. The van der Waals surface area contributed by atoms with E-state index in [0.717, 1.165) is 16.8 Å². The van der Waals surface area contributed by atoms with E-state index in [0.29, 0.717) is 17.7 Å². The number of para-hydroxylation sites is 2. The van der Waals surface area contributed by atoms with Crippen LogP contribution in [0.1, 0.15) is 48.2 Å². The van der Waals surface area contributed by atoms with Gasteiger partial charge in [-0.2, -0.15) is 0 Å². The van der Waals surface area contributed by atoms with Crippen molar-refractivity contribution in [3.05, 3.63) is 89.5 Å². The van der Waals surface area contributed by atoms with Gasteiger partial charge >= 0.3 is 0 Å². The van der Waals surface area contributed by atoms with Gasteiger partial charge in [0.25, 0.3) is 15.9 Å². The minimum absolute atomic E-state index is 0.112. The van der Waals surface area contributed by atoms with Gasteiger partial charge in [-0.05, 0) is 60.7 Å². The minimum atomic E-state index is -3.80. The molecule has 1 aliphatic heterocycles. The zero-order chi connectivity index (χ0) is 22.2. The van der Waals surface area contributed by atoms with Gasteiger partial charge in [0.1, 0.15) is 0 Å². The Morgan fingerprint density at radius 3 is 2.48 bits per heavy atom. The lowest BCUT2D eigenvalue weighted by molar-refractivity contribution is 0.102. The summed E-state index contributed by atoms with van der Waals surface area (Å²) in [6, 6.07) is 21.3. The van der Waals surface area contributed by atoms with Crippen molar-refractivity contribution in [3.63, 3.8) is 0 Å². The molecule has 0 saturated carbocycles. The van der Waals surface area contributed by atoms with E-state index in [2.05, 4.69) is 19.2 Å². The molecule has 6 heteroatoms. The van der Waals surface area contributed by atoms with E-state index in [4.69, 9.17) is 0 Å². The number of fused-ring (bicyclic) bond motifs is 1. The molecule has 0 saturated heterocycles. The predicted octanol–water partition coefficient (Wildman–Crippen LogP) is 5.20. The lowest BCUT2D eigenvalue weighted by Crippen LogP contribution is -2.35. The van der Waals surface area contributed by atoms with Gasteiger partial charge in [-0.25, -0.2) is 8.42 Å². The van der Waals surface area contributed by atoms with E-state index in [1.165, 1.54) is 10.4 Å². The molecule has 0 fully saturated rings. The van der Waals surface area contributed by atoms with Crippen molar-refractivity contribution < 1.29 is 13.2 Å². The molecule has 1 atom stereocenters. The van der Waals surface area contributed by atoms with Crippen LogP contribution in [0.3, 0.4) is 0 Å². The fraction of sp³-hybridized carbons (Fsp3) is 0.240. The van der Waals surface area contributed by atoms with Crippen LogP contribution in [0.4, 0.5) is 11.4 Å². The number of nitrogens with one attached hydrogen (secondary N) is 1. The fourth-order valence-electron chi connectivity index (χ4n) is 4.12. The maximum atomic E-state index is 13.5. The monoisotopic (exact) mass is 434 g/mol. The van der Waals surface area contributed by atoms with E-state index >= 15 is 0 Å². The highest BCUT2D eigenvalue weighted by molar-refractivity contribution is 7.92. The van der Waals surface area contributed by atoms with Gasteiger partial charge in [0.05, 0.1) is 10.6 Å². The van der Waals surface area contributed by atoms with Crippen LogP contribution in [0, 0.1) is 0 Å². The van der Waals surface area contributed by atoms with Gasteiger partial charge in [-0.1, -0.05) is 56.3 Å². The zero-order valence-electron chi connectivity index (χ0n) is 17.9. The standard InChI is InChI=1S/C25H26N2O3S/c1-17(2)22-12-5-6-13-23(22)26-25(28)20-10-8-11-21(16-20)31(29,30)27-18(3)15-19-9-4-7-14-24(19)27/h4-14,16-18H,15H2,1-3H3,(H,26,28). The third kappa shape index (κ3) is 3.95. The maximum absolute atomic E-state index is 13.5. The average Bonchev–Trinajstić information content (AvgIpc) is 3.10. The summed E-state index contributed by atoms with van der Waals surface area (Å²) in [5.74, 6) is -0.0834. The van der Waals surface area contributed by atoms with Crippen molar-refractivity contribution in [1.82, 2.24) is 0 Å². The SMILES string of the molecule is CC(C)c1ccccc1NC(=O)c1cccc(S(=O)(=O)N2c3ccccc3CC2C)c1. The summed E-state index contributed by atoms with van der Waals surface area (Å²) in [6.07, 6.45) is 0.668. The van der Waals surface area contributed by atoms with Crippen LogP contribution < -0.4 is 9.62 Å². The van der Waals surface area contributed by atoms with Crippen LogP contribution in [0.5, 0.6) is 0 Å². The molecule has 160 valence electrons. The molecular formula is C25H26N2O3S. The van der Waals surface area contributed by atoms with Crippen molar-refractivity contribution in [3.8, 4) is 0 Å². The summed E-state index contributed by atoms with van der Waals surface area (Å²) >= 11 is 0.